The fourth-order valence-electron chi connectivity index (χ4n) is 1.91. The van der Waals surface area contributed by atoms with Crippen LogP contribution in [0.5, 0.6) is 0 Å². The smallest absolute Gasteiger partial charge is 0.195 e. The van der Waals surface area contributed by atoms with Gasteiger partial charge in [0.25, 0.3) is 0 Å². The highest BCUT2D eigenvalue weighted by Gasteiger charge is 2.11. The van der Waals surface area contributed by atoms with Crippen molar-refractivity contribution < 1.29 is 8.83 Å². The molecule has 0 unspecified atom stereocenters. The topological polar surface area (TPSA) is 51.2 Å². The van der Waals surface area contributed by atoms with Gasteiger partial charge in [-0.25, -0.2) is 4.98 Å². The molecular formula is C15H22N2O2. The van der Waals surface area contributed by atoms with Crippen LogP contribution in [0.4, 0.5) is 0 Å². The van der Waals surface area contributed by atoms with Crippen LogP contribution in [0, 0.1) is 12.8 Å². The molecule has 0 aliphatic heterocycles. The molecule has 0 radical (unpaired) electrons. The first kappa shape index (κ1) is 13.9. The first-order valence-electron chi connectivity index (χ1n) is 6.86. The summed E-state index contributed by atoms with van der Waals surface area (Å²) in [6.45, 7) is 8.47. The second-order valence-electron chi connectivity index (χ2n) is 5.25. The normalized spacial score (nSPS) is 11.4. The Bertz CT molecular complexity index is 500. The van der Waals surface area contributed by atoms with E-state index in [0.29, 0.717) is 11.7 Å². The molecule has 1 N–H and O–H groups in total. The third kappa shape index (κ3) is 3.96. The van der Waals surface area contributed by atoms with Crippen molar-refractivity contribution in [2.45, 2.75) is 33.6 Å². The lowest BCUT2D eigenvalue weighted by Gasteiger charge is -2.05. The Balaban J connectivity index is 1.80. The van der Waals surface area contributed by atoms with Crippen molar-refractivity contribution in [3.05, 3.63) is 30.0 Å². The number of aryl methyl sites for hydroxylation is 2. The van der Waals surface area contributed by atoms with Gasteiger partial charge in [-0.1, -0.05) is 13.8 Å². The Morgan fingerprint density at radius 1 is 1.37 bits per heavy atom. The molecule has 0 saturated heterocycles. The Morgan fingerprint density at radius 2 is 2.21 bits per heavy atom. The van der Waals surface area contributed by atoms with Crippen molar-refractivity contribution in [2.24, 2.45) is 5.92 Å². The zero-order valence-electron chi connectivity index (χ0n) is 11.9. The maximum absolute atomic E-state index is 5.70. The minimum absolute atomic E-state index is 0.690. The molecule has 0 aromatic carbocycles. The minimum atomic E-state index is 0.690. The molecule has 2 aromatic heterocycles. The van der Waals surface area contributed by atoms with Crippen LogP contribution in [0.1, 0.15) is 31.7 Å². The van der Waals surface area contributed by atoms with Crippen molar-refractivity contribution in [2.75, 3.05) is 13.1 Å². The van der Waals surface area contributed by atoms with Gasteiger partial charge in [0.05, 0.1) is 12.5 Å². The largest absolute Gasteiger partial charge is 0.461 e. The van der Waals surface area contributed by atoms with E-state index in [1.807, 2.05) is 13.0 Å². The third-order valence-corrected chi connectivity index (χ3v) is 2.94. The van der Waals surface area contributed by atoms with Gasteiger partial charge in [-0.15, -0.1) is 0 Å². The summed E-state index contributed by atoms with van der Waals surface area (Å²) in [5.74, 6) is 2.96. The van der Waals surface area contributed by atoms with Crippen LogP contribution in [0.25, 0.3) is 11.5 Å². The Morgan fingerprint density at radius 3 is 2.89 bits per heavy atom. The average molecular weight is 262 g/mol. The molecule has 0 amide bonds. The highest BCUT2D eigenvalue weighted by Crippen LogP contribution is 2.25. The number of hydrogen-bond acceptors (Lipinski definition) is 4. The predicted molar refractivity (Wildman–Crippen MR) is 75.0 cm³/mol. The molecule has 0 fully saturated rings. The maximum atomic E-state index is 5.70. The standard InChI is InChI=1S/C15H22N2O2/c1-11(2)9-16-7-4-5-14-17-10-13(19-14)15-12(3)6-8-18-15/h6,8,10-11,16H,4-5,7,9H2,1-3H3. The van der Waals surface area contributed by atoms with Crippen molar-refractivity contribution in [1.82, 2.24) is 10.3 Å². The maximum Gasteiger partial charge on any atom is 0.195 e. The fraction of sp³-hybridized carbons (Fsp3) is 0.533. The van der Waals surface area contributed by atoms with Gasteiger partial charge in [-0.2, -0.15) is 0 Å². The molecule has 0 saturated carbocycles. The molecule has 0 atom stereocenters. The summed E-state index contributed by atoms with van der Waals surface area (Å²) in [5.41, 5.74) is 1.07. The minimum Gasteiger partial charge on any atom is -0.461 e. The molecule has 0 bridgehead atoms. The second-order valence-corrected chi connectivity index (χ2v) is 5.25. The molecule has 4 heteroatoms. The van der Waals surface area contributed by atoms with Crippen LogP contribution in [0.15, 0.2) is 27.4 Å². The van der Waals surface area contributed by atoms with E-state index in [-0.39, 0.29) is 0 Å². The van der Waals surface area contributed by atoms with E-state index in [1.165, 1.54) is 0 Å². The summed E-state index contributed by atoms with van der Waals surface area (Å²) in [6, 6.07) is 1.92. The van der Waals surface area contributed by atoms with Crippen LogP contribution in [-0.4, -0.2) is 18.1 Å². The Kier molecular flexibility index (Phi) is 4.80. The second kappa shape index (κ2) is 6.57. The van der Waals surface area contributed by atoms with Crippen molar-refractivity contribution in [1.29, 1.82) is 0 Å². The molecule has 4 nitrogen and oxygen atoms in total. The van der Waals surface area contributed by atoms with Crippen LogP contribution in [0.3, 0.4) is 0 Å². The monoisotopic (exact) mass is 262 g/mol. The van der Waals surface area contributed by atoms with Crippen LogP contribution in [-0.2, 0) is 6.42 Å². The van der Waals surface area contributed by atoms with E-state index < -0.39 is 0 Å². The Hall–Kier alpha value is -1.55. The summed E-state index contributed by atoms with van der Waals surface area (Å²) in [4.78, 5) is 4.29. The third-order valence-electron chi connectivity index (χ3n) is 2.94. The van der Waals surface area contributed by atoms with Crippen LogP contribution in [0.2, 0.25) is 0 Å². The Labute approximate surface area is 114 Å². The van der Waals surface area contributed by atoms with Crippen molar-refractivity contribution >= 4 is 0 Å². The quantitative estimate of drug-likeness (QED) is 0.777. The first-order chi connectivity index (χ1) is 9.16. The van der Waals surface area contributed by atoms with Crippen molar-refractivity contribution in [3.63, 3.8) is 0 Å². The van der Waals surface area contributed by atoms with E-state index in [9.17, 15) is 0 Å². The van der Waals surface area contributed by atoms with Gasteiger partial charge in [0.1, 0.15) is 0 Å². The number of nitrogens with one attached hydrogen (secondary N) is 1. The van der Waals surface area contributed by atoms with E-state index in [1.54, 1.807) is 12.5 Å². The van der Waals surface area contributed by atoms with E-state index in [2.05, 4.69) is 24.1 Å². The molecule has 2 rings (SSSR count). The number of rotatable bonds is 7. The van der Waals surface area contributed by atoms with Gasteiger partial charge in [0, 0.05) is 6.42 Å². The zero-order chi connectivity index (χ0) is 13.7. The molecule has 0 aliphatic carbocycles. The number of nitrogens with zero attached hydrogens (tertiary/aromatic N) is 1. The molecule has 2 heterocycles. The lowest BCUT2D eigenvalue weighted by Crippen LogP contribution is -2.21. The number of oxazole rings is 1. The van der Waals surface area contributed by atoms with E-state index in [0.717, 1.165) is 43.1 Å². The highest BCUT2D eigenvalue weighted by molar-refractivity contribution is 5.53. The average Bonchev–Trinajstić information content (AvgIpc) is 2.97. The summed E-state index contributed by atoms with van der Waals surface area (Å²) in [7, 11) is 0. The lowest BCUT2D eigenvalue weighted by atomic mass is 10.2. The fourth-order valence-corrected chi connectivity index (χ4v) is 1.91. The first-order valence-corrected chi connectivity index (χ1v) is 6.86. The molecule has 0 aliphatic rings. The highest BCUT2D eigenvalue weighted by atomic mass is 16.4. The lowest BCUT2D eigenvalue weighted by molar-refractivity contribution is 0.467. The molecule has 104 valence electrons. The van der Waals surface area contributed by atoms with E-state index >= 15 is 0 Å². The zero-order valence-corrected chi connectivity index (χ0v) is 11.9. The van der Waals surface area contributed by atoms with Gasteiger partial charge in [-0.05, 0) is 44.0 Å². The SMILES string of the molecule is Cc1ccoc1-c1cnc(CCCNCC(C)C)o1. The van der Waals surface area contributed by atoms with Gasteiger partial charge in [-0.3, -0.25) is 0 Å². The summed E-state index contributed by atoms with van der Waals surface area (Å²) in [6.07, 6.45) is 5.29. The molecule has 19 heavy (non-hydrogen) atoms. The summed E-state index contributed by atoms with van der Waals surface area (Å²) in [5, 5.41) is 3.41. The number of furan rings is 1. The number of hydrogen-bond donors (Lipinski definition) is 1. The van der Waals surface area contributed by atoms with Gasteiger partial charge < -0.3 is 14.2 Å². The van der Waals surface area contributed by atoms with Crippen LogP contribution >= 0.6 is 0 Å². The van der Waals surface area contributed by atoms with Gasteiger partial charge in [0.2, 0.25) is 0 Å². The molecule has 2 aromatic rings. The summed E-state index contributed by atoms with van der Waals surface area (Å²) >= 11 is 0. The van der Waals surface area contributed by atoms with Gasteiger partial charge >= 0.3 is 0 Å². The van der Waals surface area contributed by atoms with Crippen molar-refractivity contribution in [3.8, 4) is 11.5 Å². The predicted octanol–water partition coefficient (Wildman–Crippen LogP) is 3.42. The van der Waals surface area contributed by atoms with Gasteiger partial charge in [0.15, 0.2) is 17.4 Å². The molecule has 0 spiro atoms. The van der Waals surface area contributed by atoms with Crippen LogP contribution < -0.4 is 5.32 Å². The molecular weight excluding hydrogens is 240 g/mol. The van der Waals surface area contributed by atoms with E-state index in [4.69, 9.17) is 8.83 Å². The number of aromatic nitrogens is 1. The summed E-state index contributed by atoms with van der Waals surface area (Å²) < 4.78 is 11.1.